The highest BCUT2D eigenvalue weighted by Gasteiger charge is 2.23. The van der Waals surface area contributed by atoms with Crippen molar-refractivity contribution in [3.05, 3.63) is 17.0 Å². The third kappa shape index (κ3) is 4.66. The van der Waals surface area contributed by atoms with Gasteiger partial charge in [0.2, 0.25) is 0 Å². The highest BCUT2D eigenvalue weighted by atomic mass is 16.5. The van der Waals surface area contributed by atoms with Gasteiger partial charge in [0.15, 0.2) is 5.76 Å². The van der Waals surface area contributed by atoms with Crippen molar-refractivity contribution < 1.29 is 9.32 Å². The Morgan fingerprint density at radius 3 is 2.55 bits per heavy atom. The fourth-order valence-corrected chi connectivity index (χ4v) is 2.30. The molecule has 0 aliphatic carbocycles. The van der Waals surface area contributed by atoms with Crippen LogP contribution in [0.4, 0.5) is 0 Å². The summed E-state index contributed by atoms with van der Waals surface area (Å²) in [5.74, 6) is 0.783. The molecule has 1 N–H and O–H groups in total. The number of hydrogen-bond donors (Lipinski definition) is 1. The van der Waals surface area contributed by atoms with Crippen LogP contribution >= 0.6 is 0 Å². The molecule has 0 bridgehead atoms. The third-order valence-corrected chi connectivity index (χ3v) is 3.51. The van der Waals surface area contributed by atoms with E-state index in [0.717, 1.165) is 12.8 Å². The van der Waals surface area contributed by atoms with Gasteiger partial charge >= 0.3 is 0 Å². The van der Waals surface area contributed by atoms with Crippen molar-refractivity contribution in [2.45, 2.75) is 78.7 Å². The molecule has 0 fully saturated rings. The van der Waals surface area contributed by atoms with E-state index in [1.54, 1.807) is 0 Å². The molecule has 0 aromatic carbocycles. The van der Waals surface area contributed by atoms with Crippen molar-refractivity contribution in [3.63, 3.8) is 0 Å². The van der Waals surface area contributed by atoms with Crippen LogP contribution < -0.4 is 5.32 Å². The Balaban J connectivity index is 2.56. The Kier molecular flexibility index (Phi) is 6.76. The third-order valence-electron chi connectivity index (χ3n) is 3.51. The predicted molar refractivity (Wildman–Crippen MR) is 81.0 cm³/mol. The molecule has 1 amide bonds. The number of nitrogens with zero attached hydrogens (tertiary/aromatic N) is 1. The van der Waals surface area contributed by atoms with Gasteiger partial charge in [-0.3, -0.25) is 4.79 Å². The second kappa shape index (κ2) is 8.08. The normalized spacial score (nSPS) is 12.7. The lowest BCUT2D eigenvalue weighted by molar-refractivity contribution is 0.0935. The first kappa shape index (κ1) is 16.7. The number of hydrogen-bond acceptors (Lipinski definition) is 3. The Morgan fingerprint density at radius 2 is 1.95 bits per heavy atom. The molecule has 0 aliphatic heterocycles. The molecule has 0 saturated heterocycles. The van der Waals surface area contributed by atoms with E-state index in [-0.39, 0.29) is 17.9 Å². The predicted octanol–water partition coefficient (Wildman–Crippen LogP) is 4.20. The molecule has 1 atom stereocenters. The smallest absolute Gasteiger partial charge is 0.257 e. The van der Waals surface area contributed by atoms with Crippen molar-refractivity contribution in [1.29, 1.82) is 0 Å². The molecule has 1 rings (SSSR count). The first-order valence-electron chi connectivity index (χ1n) is 7.74. The van der Waals surface area contributed by atoms with Gasteiger partial charge < -0.3 is 9.84 Å². The molecule has 114 valence electrons. The summed E-state index contributed by atoms with van der Waals surface area (Å²) in [6.07, 6.45) is 5.92. The zero-order valence-electron chi connectivity index (χ0n) is 13.5. The molecule has 1 aromatic heterocycles. The molecule has 20 heavy (non-hydrogen) atoms. The zero-order chi connectivity index (χ0) is 15.1. The van der Waals surface area contributed by atoms with E-state index < -0.39 is 0 Å². The Labute approximate surface area is 122 Å². The van der Waals surface area contributed by atoms with Gasteiger partial charge in [-0.15, -0.1) is 0 Å². The van der Waals surface area contributed by atoms with Crippen LogP contribution in [-0.4, -0.2) is 17.1 Å². The second-order valence-corrected chi connectivity index (χ2v) is 5.89. The number of nitrogens with one attached hydrogen (secondary N) is 1. The van der Waals surface area contributed by atoms with Crippen molar-refractivity contribution >= 4 is 5.91 Å². The number of amides is 1. The molecule has 0 spiro atoms. The minimum absolute atomic E-state index is 0.0598. The fraction of sp³-hybridized carbons (Fsp3) is 0.750. The van der Waals surface area contributed by atoms with Crippen LogP contribution in [0.2, 0.25) is 0 Å². The lowest BCUT2D eigenvalue weighted by Crippen LogP contribution is -2.33. The number of rotatable bonds is 8. The van der Waals surface area contributed by atoms with Gasteiger partial charge in [0.1, 0.15) is 5.56 Å². The van der Waals surface area contributed by atoms with E-state index in [2.05, 4.69) is 24.3 Å². The van der Waals surface area contributed by atoms with Crippen molar-refractivity contribution in [2.75, 3.05) is 0 Å². The maximum absolute atomic E-state index is 12.3. The minimum atomic E-state index is -0.0598. The Hall–Kier alpha value is -1.32. The van der Waals surface area contributed by atoms with Gasteiger partial charge in [-0.05, 0) is 20.3 Å². The van der Waals surface area contributed by atoms with E-state index in [0.29, 0.717) is 17.0 Å². The summed E-state index contributed by atoms with van der Waals surface area (Å²) in [6.45, 7) is 10.1. The van der Waals surface area contributed by atoms with Crippen molar-refractivity contribution in [1.82, 2.24) is 10.5 Å². The van der Waals surface area contributed by atoms with Gasteiger partial charge in [0.05, 0.1) is 5.69 Å². The summed E-state index contributed by atoms with van der Waals surface area (Å²) in [5, 5.41) is 6.97. The first-order valence-corrected chi connectivity index (χ1v) is 7.74. The number of carbonyl (C=O) groups is 1. The summed E-state index contributed by atoms with van der Waals surface area (Å²) >= 11 is 0. The first-order chi connectivity index (χ1) is 9.47. The summed E-state index contributed by atoms with van der Waals surface area (Å²) in [6, 6.07) is 0.189. The second-order valence-electron chi connectivity index (χ2n) is 5.89. The highest BCUT2D eigenvalue weighted by Crippen LogP contribution is 2.22. The van der Waals surface area contributed by atoms with E-state index in [1.807, 2.05) is 20.8 Å². The van der Waals surface area contributed by atoms with Crippen LogP contribution in [-0.2, 0) is 0 Å². The van der Waals surface area contributed by atoms with E-state index in [1.165, 1.54) is 19.3 Å². The molecule has 0 saturated carbocycles. The van der Waals surface area contributed by atoms with Gasteiger partial charge in [-0.2, -0.15) is 0 Å². The molecule has 1 heterocycles. The molecule has 1 aromatic rings. The van der Waals surface area contributed by atoms with Crippen molar-refractivity contribution in [3.8, 4) is 0 Å². The average molecular weight is 280 g/mol. The molecular weight excluding hydrogens is 252 g/mol. The van der Waals surface area contributed by atoms with Crippen LogP contribution in [0, 0.1) is 6.92 Å². The van der Waals surface area contributed by atoms with E-state index >= 15 is 0 Å². The van der Waals surface area contributed by atoms with E-state index in [9.17, 15) is 4.79 Å². The summed E-state index contributed by atoms with van der Waals surface area (Å²) in [4.78, 5) is 12.3. The molecule has 0 radical (unpaired) electrons. The van der Waals surface area contributed by atoms with Crippen LogP contribution in [0.1, 0.15) is 87.5 Å². The number of aromatic nitrogens is 1. The highest BCUT2D eigenvalue weighted by molar-refractivity contribution is 5.96. The molecule has 4 nitrogen and oxygen atoms in total. The number of unbranched alkanes of at least 4 members (excludes halogenated alkanes) is 3. The molecule has 0 aliphatic rings. The summed E-state index contributed by atoms with van der Waals surface area (Å²) in [5.41, 5.74) is 1.28. The zero-order valence-corrected chi connectivity index (χ0v) is 13.5. The largest absolute Gasteiger partial charge is 0.360 e. The van der Waals surface area contributed by atoms with Crippen LogP contribution in [0.15, 0.2) is 4.52 Å². The van der Waals surface area contributed by atoms with Crippen LogP contribution in [0.3, 0.4) is 0 Å². The SMILES string of the molecule is CCCCCCC(C)NC(=O)c1c(C)noc1C(C)C. The number of aryl methyl sites for hydroxylation is 1. The lowest BCUT2D eigenvalue weighted by atomic mass is 10.0. The standard InChI is InChI=1S/C16H28N2O2/c1-6-7-8-9-10-12(4)17-16(19)14-13(5)18-20-15(14)11(2)3/h11-12H,6-10H2,1-5H3,(H,17,19). The maximum atomic E-state index is 12.3. The topological polar surface area (TPSA) is 55.1 Å². The number of carbonyl (C=O) groups excluding carboxylic acids is 1. The monoisotopic (exact) mass is 280 g/mol. The average Bonchev–Trinajstić information content (AvgIpc) is 2.76. The van der Waals surface area contributed by atoms with Crippen molar-refractivity contribution in [2.24, 2.45) is 0 Å². The van der Waals surface area contributed by atoms with E-state index in [4.69, 9.17) is 4.52 Å². The molecule has 1 unspecified atom stereocenters. The van der Waals surface area contributed by atoms with Gasteiger partial charge in [0.25, 0.3) is 5.91 Å². The van der Waals surface area contributed by atoms with Crippen LogP contribution in [0.5, 0.6) is 0 Å². The molecular formula is C16H28N2O2. The lowest BCUT2D eigenvalue weighted by Gasteiger charge is -2.14. The van der Waals surface area contributed by atoms with Gasteiger partial charge in [-0.25, -0.2) is 0 Å². The Bertz CT molecular complexity index is 424. The minimum Gasteiger partial charge on any atom is -0.360 e. The Morgan fingerprint density at radius 1 is 1.25 bits per heavy atom. The van der Waals surface area contributed by atoms with Gasteiger partial charge in [0, 0.05) is 12.0 Å². The summed E-state index contributed by atoms with van der Waals surface area (Å²) < 4.78 is 5.26. The summed E-state index contributed by atoms with van der Waals surface area (Å²) in [7, 11) is 0. The van der Waals surface area contributed by atoms with Crippen LogP contribution in [0.25, 0.3) is 0 Å². The quantitative estimate of drug-likeness (QED) is 0.726. The maximum Gasteiger partial charge on any atom is 0.257 e. The van der Waals surface area contributed by atoms with Gasteiger partial charge in [-0.1, -0.05) is 51.6 Å². The molecule has 4 heteroatoms. The fourth-order valence-electron chi connectivity index (χ4n) is 2.30.